The summed E-state index contributed by atoms with van der Waals surface area (Å²) in [6.45, 7) is 8.92. The highest BCUT2D eigenvalue weighted by Gasteiger charge is 2.39. The van der Waals surface area contributed by atoms with Gasteiger partial charge in [-0.2, -0.15) is 0 Å². The monoisotopic (exact) mass is 261 g/mol. The summed E-state index contributed by atoms with van der Waals surface area (Å²) < 4.78 is 5.63. The quantitative estimate of drug-likeness (QED) is 0.887. The lowest BCUT2D eigenvalue weighted by atomic mass is 9.75. The van der Waals surface area contributed by atoms with Crippen LogP contribution in [0.5, 0.6) is 5.75 Å². The van der Waals surface area contributed by atoms with Crippen LogP contribution in [0.2, 0.25) is 0 Å². The molecule has 1 aliphatic rings. The number of hydrogen-bond donors (Lipinski definition) is 1. The Bertz CT molecular complexity index is 465. The molecule has 2 N–H and O–H groups in total. The molecule has 0 bridgehead atoms. The Labute approximate surface area is 117 Å². The molecule has 1 aromatic carbocycles. The highest BCUT2D eigenvalue weighted by atomic mass is 16.5. The van der Waals surface area contributed by atoms with Gasteiger partial charge in [0.1, 0.15) is 5.75 Å². The smallest absolute Gasteiger partial charge is 0.126 e. The van der Waals surface area contributed by atoms with E-state index in [4.69, 9.17) is 10.5 Å². The normalized spacial score (nSPS) is 23.4. The van der Waals surface area contributed by atoms with E-state index in [9.17, 15) is 0 Å². The van der Waals surface area contributed by atoms with Crippen molar-refractivity contribution < 1.29 is 4.74 Å². The second kappa shape index (κ2) is 5.16. The fourth-order valence-electron chi connectivity index (χ4n) is 3.58. The van der Waals surface area contributed by atoms with Crippen LogP contribution in [0.3, 0.4) is 0 Å². The minimum atomic E-state index is 0.0757. The van der Waals surface area contributed by atoms with Crippen LogP contribution in [-0.2, 0) is 0 Å². The second-order valence-corrected chi connectivity index (χ2v) is 6.64. The van der Waals surface area contributed by atoms with Gasteiger partial charge < -0.3 is 10.5 Å². The Kier molecular flexibility index (Phi) is 3.91. The summed E-state index contributed by atoms with van der Waals surface area (Å²) in [5.74, 6) is 1.53. The molecule has 1 saturated carbocycles. The zero-order valence-electron chi connectivity index (χ0n) is 12.9. The van der Waals surface area contributed by atoms with Gasteiger partial charge in [0.05, 0.1) is 7.11 Å². The lowest BCUT2D eigenvalue weighted by molar-refractivity contribution is 0.219. The first-order valence-corrected chi connectivity index (χ1v) is 7.28. The maximum Gasteiger partial charge on any atom is 0.126 e. The molecule has 1 aromatic rings. The van der Waals surface area contributed by atoms with Gasteiger partial charge in [0.2, 0.25) is 0 Å². The van der Waals surface area contributed by atoms with E-state index in [0.717, 1.165) is 5.75 Å². The van der Waals surface area contributed by atoms with E-state index in [1.54, 1.807) is 7.11 Å². The predicted octanol–water partition coefficient (Wildman–Crippen LogP) is 4.14. The predicted molar refractivity (Wildman–Crippen MR) is 80.5 cm³/mol. The zero-order chi connectivity index (χ0) is 14.2. The highest BCUT2D eigenvalue weighted by molar-refractivity contribution is 5.47. The van der Waals surface area contributed by atoms with E-state index >= 15 is 0 Å². The maximum absolute atomic E-state index is 6.59. The number of hydrogen-bond acceptors (Lipinski definition) is 2. The van der Waals surface area contributed by atoms with Crippen molar-refractivity contribution in [3.05, 3.63) is 28.8 Å². The third-order valence-electron chi connectivity index (χ3n) is 5.04. The first kappa shape index (κ1) is 14.4. The Morgan fingerprint density at radius 3 is 2.53 bits per heavy atom. The van der Waals surface area contributed by atoms with Crippen LogP contribution in [0, 0.1) is 25.2 Å². The van der Waals surface area contributed by atoms with Gasteiger partial charge in [-0.15, -0.1) is 0 Å². The van der Waals surface area contributed by atoms with Gasteiger partial charge >= 0.3 is 0 Å². The van der Waals surface area contributed by atoms with Crippen molar-refractivity contribution in [2.75, 3.05) is 7.11 Å². The Morgan fingerprint density at radius 2 is 2.00 bits per heavy atom. The number of aryl methyl sites for hydroxylation is 1. The first-order valence-electron chi connectivity index (χ1n) is 7.28. The van der Waals surface area contributed by atoms with Gasteiger partial charge in [0, 0.05) is 11.6 Å². The number of methoxy groups -OCH3 is 1. The largest absolute Gasteiger partial charge is 0.496 e. The van der Waals surface area contributed by atoms with Gasteiger partial charge in [0.15, 0.2) is 0 Å². The van der Waals surface area contributed by atoms with Gasteiger partial charge in [0.25, 0.3) is 0 Å². The minimum Gasteiger partial charge on any atom is -0.496 e. The molecule has 0 heterocycles. The Morgan fingerprint density at radius 1 is 1.32 bits per heavy atom. The number of nitrogens with two attached hydrogens (primary N) is 1. The molecule has 2 unspecified atom stereocenters. The number of ether oxygens (including phenoxy) is 1. The lowest BCUT2D eigenvalue weighted by Crippen LogP contribution is -2.30. The van der Waals surface area contributed by atoms with Crippen molar-refractivity contribution in [3.8, 4) is 5.75 Å². The highest BCUT2D eigenvalue weighted by Crippen LogP contribution is 2.49. The van der Waals surface area contributed by atoms with Crippen molar-refractivity contribution in [1.29, 1.82) is 0 Å². The molecule has 19 heavy (non-hydrogen) atoms. The van der Waals surface area contributed by atoms with Crippen LogP contribution < -0.4 is 10.5 Å². The summed E-state index contributed by atoms with van der Waals surface area (Å²) in [6, 6.07) is 4.39. The molecule has 2 atom stereocenters. The molecular weight excluding hydrogens is 234 g/mol. The van der Waals surface area contributed by atoms with Crippen LogP contribution in [0.1, 0.15) is 55.8 Å². The van der Waals surface area contributed by atoms with Crippen molar-refractivity contribution in [2.45, 2.75) is 53.0 Å². The third-order valence-corrected chi connectivity index (χ3v) is 5.04. The van der Waals surface area contributed by atoms with E-state index in [-0.39, 0.29) is 6.04 Å². The first-order chi connectivity index (χ1) is 8.88. The second-order valence-electron chi connectivity index (χ2n) is 6.64. The van der Waals surface area contributed by atoms with Gasteiger partial charge in [-0.25, -0.2) is 0 Å². The molecule has 1 aliphatic carbocycles. The summed E-state index contributed by atoms with van der Waals surface area (Å²) in [5.41, 5.74) is 10.6. The lowest BCUT2D eigenvalue weighted by Gasteiger charge is -2.33. The Balaban J connectivity index is 2.39. The third kappa shape index (κ3) is 2.51. The van der Waals surface area contributed by atoms with Crippen LogP contribution in [0.4, 0.5) is 0 Å². The molecule has 0 aliphatic heterocycles. The maximum atomic E-state index is 6.59. The summed E-state index contributed by atoms with van der Waals surface area (Å²) in [4.78, 5) is 0. The van der Waals surface area contributed by atoms with Gasteiger partial charge in [-0.1, -0.05) is 32.4 Å². The van der Waals surface area contributed by atoms with Crippen LogP contribution in [0.15, 0.2) is 12.1 Å². The molecular formula is C17H27NO. The fourth-order valence-corrected chi connectivity index (χ4v) is 3.58. The molecule has 106 valence electrons. The average molecular weight is 261 g/mol. The van der Waals surface area contributed by atoms with Crippen molar-refractivity contribution >= 4 is 0 Å². The standard InChI is InChI=1S/C17H27NO/c1-11-8-9-13(16(19-5)12(11)2)15(18)14-7-6-10-17(14,3)4/h8-9,14-15H,6-7,10,18H2,1-5H3. The summed E-state index contributed by atoms with van der Waals surface area (Å²) in [7, 11) is 1.75. The number of rotatable bonds is 3. The van der Waals surface area contributed by atoms with E-state index in [1.807, 2.05) is 0 Å². The average Bonchev–Trinajstić information content (AvgIpc) is 2.71. The van der Waals surface area contributed by atoms with E-state index < -0.39 is 0 Å². The van der Waals surface area contributed by atoms with Crippen LogP contribution in [0.25, 0.3) is 0 Å². The van der Waals surface area contributed by atoms with Gasteiger partial charge in [-0.3, -0.25) is 0 Å². The SMILES string of the molecule is COc1c(C(N)C2CCCC2(C)C)ccc(C)c1C. The van der Waals surface area contributed by atoms with Crippen molar-refractivity contribution in [2.24, 2.45) is 17.1 Å². The molecule has 2 nitrogen and oxygen atoms in total. The molecule has 0 aromatic heterocycles. The number of benzene rings is 1. The molecule has 0 spiro atoms. The van der Waals surface area contributed by atoms with E-state index in [2.05, 4.69) is 39.8 Å². The van der Waals surface area contributed by atoms with E-state index in [1.165, 1.54) is 36.0 Å². The Hall–Kier alpha value is -1.02. The molecule has 0 amide bonds. The van der Waals surface area contributed by atoms with Gasteiger partial charge in [-0.05, 0) is 49.1 Å². The minimum absolute atomic E-state index is 0.0757. The summed E-state index contributed by atoms with van der Waals surface area (Å²) >= 11 is 0. The molecule has 0 radical (unpaired) electrons. The van der Waals surface area contributed by atoms with E-state index in [0.29, 0.717) is 11.3 Å². The summed E-state index contributed by atoms with van der Waals surface area (Å²) in [6.07, 6.45) is 3.79. The molecule has 2 heteroatoms. The van der Waals surface area contributed by atoms with Crippen LogP contribution >= 0.6 is 0 Å². The molecule has 1 fully saturated rings. The summed E-state index contributed by atoms with van der Waals surface area (Å²) in [5, 5.41) is 0. The fraction of sp³-hybridized carbons (Fsp3) is 0.647. The van der Waals surface area contributed by atoms with Crippen molar-refractivity contribution in [3.63, 3.8) is 0 Å². The van der Waals surface area contributed by atoms with Crippen molar-refractivity contribution in [1.82, 2.24) is 0 Å². The molecule has 0 saturated heterocycles. The topological polar surface area (TPSA) is 35.2 Å². The van der Waals surface area contributed by atoms with Crippen LogP contribution in [-0.4, -0.2) is 7.11 Å². The zero-order valence-corrected chi connectivity index (χ0v) is 12.9. The molecule has 2 rings (SSSR count).